The first-order valence-corrected chi connectivity index (χ1v) is 8.51. The van der Waals surface area contributed by atoms with Gasteiger partial charge in [0.25, 0.3) is 0 Å². The molecule has 0 spiro atoms. The minimum absolute atomic E-state index is 0.199. The molecular formula is C17H23N5O2. The fraction of sp³-hybridized carbons (Fsp3) is 0.588. The third-order valence-corrected chi connectivity index (χ3v) is 5.69. The molecule has 128 valence electrons. The van der Waals surface area contributed by atoms with Crippen molar-refractivity contribution in [3.05, 3.63) is 18.6 Å². The average Bonchev–Trinajstić information content (AvgIpc) is 3.25. The van der Waals surface area contributed by atoms with Gasteiger partial charge in [-0.3, -0.25) is 0 Å². The number of aromatic nitrogens is 3. The topological polar surface area (TPSA) is 74.3 Å². The number of fused-ring (bicyclic) bond motifs is 2. The van der Waals surface area contributed by atoms with Crippen LogP contribution in [-0.2, 0) is 4.74 Å². The molecule has 1 amide bonds. The molecule has 4 rings (SSSR count). The Balaban J connectivity index is 1.50. The van der Waals surface area contributed by atoms with Gasteiger partial charge in [0.15, 0.2) is 0 Å². The molecule has 1 saturated carbocycles. The van der Waals surface area contributed by atoms with Crippen molar-refractivity contribution < 1.29 is 9.53 Å². The van der Waals surface area contributed by atoms with Gasteiger partial charge in [0.1, 0.15) is 17.8 Å². The Labute approximate surface area is 141 Å². The highest BCUT2D eigenvalue weighted by Crippen LogP contribution is 2.41. The van der Waals surface area contributed by atoms with Crippen LogP contribution in [0.2, 0.25) is 0 Å². The molecule has 0 radical (unpaired) electrons. The van der Waals surface area contributed by atoms with E-state index in [0.29, 0.717) is 17.9 Å². The van der Waals surface area contributed by atoms with Crippen molar-refractivity contribution in [2.75, 3.05) is 32.1 Å². The number of rotatable bonds is 2. The van der Waals surface area contributed by atoms with E-state index >= 15 is 0 Å². The Morgan fingerprint density at radius 3 is 3.04 bits per heavy atom. The SMILES string of the molecule is COC(=O)N1CCC2CC(N(C)c3ncnc4[nH]ccc34)CC2C1. The van der Waals surface area contributed by atoms with E-state index < -0.39 is 0 Å². The highest BCUT2D eigenvalue weighted by atomic mass is 16.5. The minimum atomic E-state index is -0.199. The van der Waals surface area contributed by atoms with E-state index in [1.807, 2.05) is 17.2 Å². The number of nitrogens with zero attached hydrogens (tertiary/aromatic N) is 4. The molecule has 7 heteroatoms. The molecule has 3 unspecified atom stereocenters. The predicted octanol–water partition coefficient (Wildman–Crippen LogP) is 2.26. The molecule has 3 atom stereocenters. The van der Waals surface area contributed by atoms with Crippen molar-refractivity contribution in [3.8, 4) is 0 Å². The van der Waals surface area contributed by atoms with E-state index in [1.165, 1.54) is 7.11 Å². The van der Waals surface area contributed by atoms with Gasteiger partial charge < -0.3 is 19.5 Å². The zero-order chi connectivity index (χ0) is 16.7. The Morgan fingerprint density at radius 1 is 1.38 bits per heavy atom. The second-order valence-corrected chi connectivity index (χ2v) is 6.90. The summed E-state index contributed by atoms with van der Waals surface area (Å²) in [7, 11) is 3.58. The fourth-order valence-corrected chi connectivity index (χ4v) is 4.38. The summed E-state index contributed by atoms with van der Waals surface area (Å²) < 4.78 is 4.88. The summed E-state index contributed by atoms with van der Waals surface area (Å²) in [6.07, 6.45) is 6.63. The van der Waals surface area contributed by atoms with E-state index in [4.69, 9.17) is 4.74 Å². The maximum Gasteiger partial charge on any atom is 0.409 e. The van der Waals surface area contributed by atoms with Gasteiger partial charge >= 0.3 is 6.09 Å². The van der Waals surface area contributed by atoms with Crippen LogP contribution in [0.3, 0.4) is 0 Å². The summed E-state index contributed by atoms with van der Waals surface area (Å²) in [5.74, 6) is 2.21. The van der Waals surface area contributed by atoms with Crippen LogP contribution < -0.4 is 4.90 Å². The molecule has 2 aromatic rings. The molecule has 1 aliphatic heterocycles. The van der Waals surface area contributed by atoms with Crippen molar-refractivity contribution in [1.29, 1.82) is 0 Å². The summed E-state index contributed by atoms with van der Waals surface area (Å²) in [5, 5.41) is 1.06. The Bertz CT molecular complexity index is 745. The third-order valence-electron chi connectivity index (χ3n) is 5.69. The number of amides is 1. The van der Waals surface area contributed by atoms with Gasteiger partial charge in [0.05, 0.1) is 12.5 Å². The number of H-pyrrole nitrogens is 1. The number of carbonyl (C=O) groups is 1. The van der Waals surface area contributed by atoms with Gasteiger partial charge in [-0.2, -0.15) is 0 Å². The van der Waals surface area contributed by atoms with Gasteiger partial charge in [0, 0.05) is 32.4 Å². The summed E-state index contributed by atoms with van der Waals surface area (Å²) in [4.78, 5) is 27.8. The molecular weight excluding hydrogens is 306 g/mol. The average molecular weight is 329 g/mol. The zero-order valence-electron chi connectivity index (χ0n) is 14.1. The number of nitrogens with one attached hydrogen (secondary N) is 1. The van der Waals surface area contributed by atoms with Crippen LogP contribution in [0.15, 0.2) is 18.6 Å². The zero-order valence-corrected chi connectivity index (χ0v) is 14.1. The maximum atomic E-state index is 11.8. The van der Waals surface area contributed by atoms with Gasteiger partial charge in [-0.05, 0) is 37.2 Å². The lowest BCUT2D eigenvalue weighted by atomic mass is 9.89. The molecule has 24 heavy (non-hydrogen) atoms. The summed E-state index contributed by atoms with van der Waals surface area (Å²) in [6.45, 7) is 1.62. The summed E-state index contributed by atoms with van der Waals surface area (Å²) >= 11 is 0. The third kappa shape index (κ3) is 2.48. The number of carbonyl (C=O) groups excluding carboxylic acids is 1. The molecule has 2 aliphatic rings. The maximum absolute atomic E-state index is 11.8. The number of methoxy groups -OCH3 is 1. The standard InChI is InChI=1S/C17H23N5O2/c1-21(16-14-3-5-18-15(14)19-10-20-16)13-7-11-4-6-22(17(23)24-2)9-12(11)8-13/h3,5,10-13H,4,6-9H2,1-2H3,(H,18,19,20). The normalized spacial score (nSPS) is 26.4. The fourth-order valence-electron chi connectivity index (χ4n) is 4.38. The quantitative estimate of drug-likeness (QED) is 0.915. The van der Waals surface area contributed by atoms with Crippen molar-refractivity contribution in [2.45, 2.75) is 25.3 Å². The van der Waals surface area contributed by atoms with Crippen LogP contribution in [0.1, 0.15) is 19.3 Å². The lowest BCUT2D eigenvalue weighted by Gasteiger charge is -2.33. The number of aromatic amines is 1. The van der Waals surface area contributed by atoms with Crippen molar-refractivity contribution in [3.63, 3.8) is 0 Å². The molecule has 1 saturated heterocycles. The molecule has 1 N–H and O–H groups in total. The van der Waals surface area contributed by atoms with Gasteiger partial charge in [-0.15, -0.1) is 0 Å². The van der Waals surface area contributed by atoms with Crippen molar-refractivity contribution in [2.24, 2.45) is 11.8 Å². The van der Waals surface area contributed by atoms with E-state index in [1.54, 1.807) is 6.33 Å². The second-order valence-electron chi connectivity index (χ2n) is 6.90. The van der Waals surface area contributed by atoms with Crippen molar-refractivity contribution >= 4 is 22.9 Å². The highest BCUT2D eigenvalue weighted by molar-refractivity contribution is 5.87. The molecule has 0 aromatic carbocycles. The summed E-state index contributed by atoms with van der Waals surface area (Å²) in [5.41, 5.74) is 0.874. The van der Waals surface area contributed by atoms with E-state index in [9.17, 15) is 4.79 Å². The monoisotopic (exact) mass is 329 g/mol. The highest BCUT2D eigenvalue weighted by Gasteiger charge is 2.41. The molecule has 2 aromatic heterocycles. The Morgan fingerprint density at radius 2 is 2.21 bits per heavy atom. The second kappa shape index (κ2) is 5.96. The summed E-state index contributed by atoms with van der Waals surface area (Å²) in [6, 6.07) is 2.48. The van der Waals surface area contributed by atoms with E-state index in [0.717, 1.165) is 49.2 Å². The predicted molar refractivity (Wildman–Crippen MR) is 90.9 cm³/mol. The molecule has 1 aliphatic carbocycles. The molecule has 0 bridgehead atoms. The van der Waals surface area contributed by atoms with Crippen molar-refractivity contribution in [1.82, 2.24) is 19.9 Å². The number of ether oxygens (including phenoxy) is 1. The van der Waals surface area contributed by atoms with Gasteiger partial charge in [-0.1, -0.05) is 0 Å². The largest absolute Gasteiger partial charge is 0.453 e. The first kappa shape index (κ1) is 15.2. The first-order valence-electron chi connectivity index (χ1n) is 8.51. The number of piperidine rings is 1. The van der Waals surface area contributed by atoms with Crippen LogP contribution in [-0.4, -0.2) is 59.2 Å². The number of hydrogen-bond donors (Lipinski definition) is 1. The lowest BCUT2D eigenvalue weighted by molar-refractivity contribution is 0.0904. The van der Waals surface area contributed by atoms with E-state index in [-0.39, 0.29) is 6.09 Å². The smallest absolute Gasteiger partial charge is 0.409 e. The number of anilines is 1. The molecule has 2 fully saturated rings. The van der Waals surface area contributed by atoms with E-state index in [2.05, 4.69) is 26.9 Å². The van der Waals surface area contributed by atoms with Crippen LogP contribution in [0.4, 0.5) is 10.6 Å². The van der Waals surface area contributed by atoms with Crippen LogP contribution >= 0.6 is 0 Å². The van der Waals surface area contributed by atoms with Crippen LogP contribution in [0.25, 0.3) is 11.0 Å². The van der Waals surface area contributed by atoms with Crippen LogP contribution in [0, 0.1) is 11.8 Å². The number of hydrogen-bond acceptors (Lipinski definition) is 5. The van der Waals surface area contributed by atoms with Gasteiger partial charge in [-0.25, -0.2) is 14.8 Å². The Hall–Kier alpha value is -2.31. The van der Waals surface area contributed by atoms with Crippen LogP contribution in [0.5, 0.6) is 0 Å². The minimum Gasteiger partial charge on any atom is -0.453 e. The lowest BCUT2D eigenvalue weighted by Crippen LogP contribution is -2.42. The van der Waals surface area contributed by atoms with Gasteiger partial charge in [0.2, 0.25) is 0 Å². The Kier molecular flexibility index (Phi) is 3.78. The first-order chi connectivity index (χ1) is 11.7. The molecule has 7 nitrogen and oxygen atoms in total. The number of likely N-dealkylation sites (tertiary alicyclic amines) is 1. The molecule has 3 heterocycles.